The van der Waals surface area contributed by atoms with Gasteiger partial charge in [0.15, 0.2) is 11.6 Å². The second-order valence-electron chi connectivity index (χ2n) is 6.90. The van der Waals surface area contributed by atoms with Crippen LogP contribution in [0.15, 0.2) is 30.6 Å². The van der Waals surface area contributed by atoms with Crippen molar-refractivity contribution in [1.82, 2.24) is 14.9 Å². The van der Waals surface area contributed by atoms with E-state index in [1.165, 1.54) is 11.1 Å². The molecule has 2 aromatic rings. The van der Waals surface area contributed by atoms with Crippen molar-refractivity contribution in [3.05, 3.63) is 47.0 Å². The fourth-order valence-corrected chi connectivity index (χ4v) is 3.42. The Bertz CT molecular complexity index is 988. The molecular formula is C19H18ClF4N5O2. The van der Waals surface area contributed by atoms with Gasteiger partial charge < -0.3 is 10.2 Å². The van der Waals surface area contributed by atoms with E-state index in [-0.39, 0.29) is 23.2 Å². The summed E-state index contributed by atoms with van der Waals surface area (Å²) in [5.41, 5.74) is -0.964. The summed E-state index contributed by atoms with van der Waals surface area (Å²) in [6.45, 7) is 1.56. The molecule has 2 aromatic heterocycles. The molecule has 3 heterocycles. The fraction of sp³-hybridized carbons (Fsp3) is 0.368. The van der Waals surface area contributed by atoms with Crippen molar-refractivity contribution < 1.29 is 27.2 Å². The molecule has 1 saturated heterocycles. The number of hydrogen-bond donors (Lipinski definition) is 1. The van der Waals surface area contributed by atoms with Crippen LogP contribution in [0.1, 0.15) is 25.3 Å². The van der Waals surface area contributed by atoms with Crippen LogP contribution in [0.4, 0.5) is 34.0 Å². The van der Waals surface area contributed by atoms with Gasteiger partial charge in [-0.2, -0.15) is 13.2 Å². The van der Waals surface area contributed by atoms with E-state index in [0.29, 0.717) is 18.9 Å². The van der Waals surface area contributed by atoms with Crippen LogP contribution >= 0.6 is 11.6 Å². The number of rotatable bonds is 6. The summed E-state index contributed by atoms with van der Waals surface area (Å²) >= 11 is 5.71. The van der Waals surface area contributed by atoms with Crippen LogP contribution in [0.25, 0.3) is 0 Å². The van der Waals surface area contributed by atoms with Gasteiger partial charge >= 0.3 is 12.2 Å². The van der Waals surface area contributed by atoms with Crippen LogP contribution in [-0.4, -0.2) is 45.9 Å². The Morgan fingerprint density at radius 1 is 1.32 bits per heavy atom. The van der Waals surface area contributed by atoms with Gasteiger partial charge in [0, 0.05) is 18.9 Å². The standard InChI is InChI=1S/C19H18ClF4N5O2/c1-2-3-13-9-29(17-14(21)7-12(20)8-26-17)18(31)28(13)10-16(30)27-15-6-11(4-5-25-15)19(22,23)24/h4-8,13H,2-3,9-10H2,1H3,(H,25,27,30)/t13-/m0/s1. The maximum absolute atomic E-state index is 14.3. The van der Waals surface area contributed by atoms with Gasteiger partial charge in [0.1, 0.15) is 12.4 Å². The van der Waals surface area contributed by atoms with Crippen molar-refractivity contribution in [3.63, 3.8) is 0 Å². The van der Waals surface area contributed by atoms with Gasteiger partial charge in [-0.05, 0) is 24.6 Å². The van der Waals surface area contributed by atoms with Crippen LogP contribution in [0.2, 0.25) is 5.02 Å². The first-order chi connectivity index (χ1) is 14.6. The lowest BCUT2D eigenvalue weighted by Gasteiger charge is -2.22. The summed E-state index contributed by atoms with van der Waals surface area (Å²) in [6, 6.07) is 1.46. The number of urea groups is 1. The lowest BCUT2D eigenvalue weighted by molar-refractivity contribution is -0.137. The van der Waals surface area contributed by atoms with E-state index in [1.807, 2.05) is 6.92 Å². The summed E-state index contributed by atoms with van der Waals surface area (Å²) in [7, 11) is 0. The topological polar surface area (TPSA) is 78.4 Å². The lowest BCUT2D eigenvalue weighted by atomic mass is 10.1. The molecular weight excluding hydrogens is 442 g/mol. The second kappa shape index (κ2) is 9.04. The summed E-state index contributed by atoms with van der Waals surface area (Å²) in [5, 5.41) is 2.34. The highest BCUT2D eigenvalue weighted by Gasteiger charge is 2.40. The summed E-state index contributed by atoms with van der Waals surface area (Å²) in [4.78, 5) is 35.2. The van der Waals surface area contributed by atoms with Crippen molar-refractivity contribution in [2.24, 2.45) is 0 Å². The SMILES string of the molecule is CCC[C@H]1CN(c2ncc(Cl)cc2F)C(=O)N1CC(=O)Nc1cc(C(F)(F)F)ccn1. The van der Waals surface area contributed by atoms with Gasteiger partial charge in [-0.3, -0.25) is 9.69 Å². The largest absolute Gasteiger partial charge is 0.416 e. The number of nitrogens with one attached hydrogen (secondary N) is 1. The zero-order valence-corrected chi connectivity index (χ0v) is 17.0. The van der Waals surface area contributed by atoms with Crippen LogP contribution in [0.3, 0.4) is 0 Å². The first kappa shape index (κ1) is 22.7. The van der Waals surface area contributed by atoms with Gasteiger partial charge in [0.25, 0.3) is 0 Å². The number of aromatic nitrogens is 2. The molecule has 7 nitrogen and oxygen atoms in total. The Morgan fingerprint density at radius 3 is 2.71 bits per heavy atom. The molecule has 0 saturated carbocycles. The Labute approximate surface area is 180 Å². The number of anilines is 2. The molecule has 3 amide bonds. The highest BCUT2D eigenvalue weighted by atomic mass is 35.5. The molecule has 0 aliphatic carbocycles. The number of carbonyl (C=O) groups excluding carboxylic acids is 2. The maximum Gasteiger partial charge on any atom is 0.416 e. The van der Waals surface area contributed by atoms with Crippen LogP contribution in [0, 0.1) is 5.82 Å². The van der Waals surface area contributed by atoms with E-state index in [1.54, 1.807) is 0 Å². The van der Waals surface area contributed by atoms with Crippen molar-refractivity contribution in [2.75, 3.05) is 23.3 Å². The molecule has 0 aromatic carbocycles. The molecule has 12 heteroatoms. The number of pyridine rings is 2. The molecule has 1 aliphatic rings. The number of hydrogen-bond acceptors (Lipinski definition) is 4. The number of amides is 3. The average Bonchev–Trinajstić information content (AvgIpc) is 2.97. The first-order valence-corrected chi connectivity index (χ1v) is 9.70. The second-order valence-corrected chi connectivity index (χ2v) is 7.33. The van der Waals surface area contributed by atoms with E-state index in [4.69, 9.17) is 11.6 Å². The summed E-state index contributed by atoms with van der Waals surface area (Å²) < 4.78 is 52.8. The van der Waals surface area contributed by atoms with Gasteiger partial charge in [0.2, 0.25) is 5.91 Å². The molecule has 31 heavy (non-hydrogen) atoms. The summed E-state index contributed by atoms with van der Waals surface area (Å²) in [5.74, 6) is -2.01. The highest BCUT2D eigenvalue weighted by molar-refractivity contribution is 6.30. The maximum atomic E-state index is 14.3. The van der Waals surface area contributed by atoms with Crippen molar-refractivity contribution >= 4 is 35.2 Å². The molecule has 1 aliphatic heterocycles. The zero-order chi connectivity index (χ0) is 22.8. The molecule has 1 N–H and O–H groups in total. The average molecular weight is 460 g/mol. The van der Waals surface area contributed by atoms with Crippen LogP contribution in [0.5, 0.6) is 0 Å². The monoisotopic (exact) mass is 459 g/mol. The number of alkyl halides is 3. The number of halogens is 5. The third kappa shape index (κ3) is 5.22. The number of carbonyl (C=O) groups is 2. The van der Waals surface area contributed by atoms with E-state index < -0.39 is 42.1 Å². The minimum absolute atomic E-state index is 0.0721. The number of nitrogens with zero attached hydrogens (tertiary/aromatic N) is 4. The fourth-order valence-electron chi connectivity index (χ4n) is 3.27. The first-order valence-electron chi connectivity index (χ1n) is 9.32. The normalized spacial score (nSPS) is 16.7. The van der Waals surface area contributed by atoms with Crippen molar-refractivity contribution in [2.45, 2.75) is 32.0 Å². The molecule has 0 bridgehead atoms. The van der Waals surface area contributed by atoms with Gasteiger partial charge in [-0.25, -0.2) is 19.2 Å². The van der Waals surface area contributed by atoms with Crippen molar-refractivity contribution in [3.8, 4) is 0 Å². The Balaban J connectivity index is 1.76. The predicted molar refractivity (Wildman–Crippen MR) is 105 cm³/mol. The zero-order valence-electron chi connectivity index (χ0n) is 16.3. The Morgan fingerprint density at radius 2 is 2.06 bits per heavy atom. The molecule has 1 atom stereocenters. The predicted octanol–water partition coefficient (Wildman–Crippen LogP) is 4.34. The molecule has 1 fully saturated rings. The Hall–Kier alpha value is -2.95. The van der Waals surface area contributed by atoms with Crippen LogP contribution in [-0.2, 0) is 11.0 Å². The highest BCUT2D eigenvalue weighted by Crippen LogP contribution is 2.30. The lowest BCUT2D eigenvalue weighted by Crippen LogP contribution is -2.41. The molecule has 0 unspecified atom stereocenters. The Kier molecular flexibility index (Phi) is 6.63. The quantitative estimate of drug-likeness (QED) is 0.652. The van der Waals surface area contributed by atoms with Crippen LogP contribution < -0.4 is 10.2 Å². The molecule has 0 radical (unpaired) electrons. The molecule has 0 spiro atoms. The van der Waals surface area contributed by atoms with E-state index in [9.17, 15) is 27.2 Å². The third-order valence-electron chi connectivity index (χ3n) is 4.65. The van der Waals surface area contributed by atoms with Crippen molar-refractivity contribution in [1.29, 1.82) is 0 Å². The third-order valence-corrected chi connectivity index (χ3v) is 4.85. The van der Waals surface area contributed by atoms with E-state index in [0.717, 1.165) is 23.2 Å². The van der Waals surface area contributed by atoms with Gasteiger partial charge in [-0.1, -0.05) is 24.9 Å². The van der Waals surface area contributed by atoms with E-state index in [2.05, 4.69) is 15.3 Å². The van der Waals surface area contributed by atoms with E-state index >= 15 is 0 Å². The smallest absolute Gasteiger partial charge is 0.310 e. The van der Waals surface area contributed by atoms with Gasteiger partial charge in [0.05, 0.1) is 16.6 Å². The molecule has 166 valence electrons. The summed E-state index contributed by atoms with van der Waals surface area (Å²) in [6.07, 6.45) is -1.23. The van der Waals surface area contributed by atoms with Gasteiger partial charge in [-0.15, -0.1) is 0 Å². The minimum Gasteiger partial charge on any atom is -0.310 e. The minimum atomic E-state index is -4.59. The molecule has 3 rings (SSSR count).